The molecular formula is C17H19ClFNO. The molecule has 0 bridgehead atoms. The highest BCUT2D eigenvalue weighted by molar-refractivity contribution is 6.32. The van der Waals surface area contributed by atoms with Crippen molar-refractivity contribution in [3.8, 4) is 5.75 Å². The van der Waals surface area contributed by atoms with E-state index in [2.05, 4.69) is 0 Å². The highest BCUT2D eigenvalue weighted by Gasteiger charge is 2.11. The number of para-hydroxylation sites is 1. The molecule has 0 spiro atoms. The van der Waals surface area contributed by atoms with Crippen LogP contribution in [0.2, 0.25) is 5.02 Å². The zero-order valence-electron chi connectivity index (χ0n) is 12.2. The van der Waals surface area contributed by atoms with Gasteiger partial charge in [-0.1, -0.05) is 29.8 Å². The second-order valence-electron chi connectivity index (χ2n) is 5.27. The fourth-order valence-corrected chi connectivity index (χ4v) is 2.44. The van der Waals surface area contributed by atoms with Crippen LogP contribution in [0.3, 0.4) is 0 Å². The third-order valence-corrected chi connectivity index (χ3v) is 3.56. The average molecular weight is 308 g/mol. The van der Waals surface area contributed by atoms with Crippen LogP contribution in [0.15, 0.2) is 36.4 Å². The summed E-state index contributed by atoms with van der Waals surface area (Å²) in [6.45, 7) is 4.15. The van der Waals surface area contributed by atoms with Gasteiger partial charge in [-0.05, 0) is 55.2 Å². The first-order chi connectivity index (χ1) is 9.97. The van der Waals surface area contributed by atoms with E-state index in [1.807, 2.05) is 26.0 Å². The molecule has 0 aliphatic heterocycles. The first kappa shape index (κ1) is 15.8. The van der Waals surface area contributed by atoms with Gasteiger partial charge in [-0.3, -0.25) is 0 Å². The lowest BCUT2D eigenvalue weighted by Crippen LogP contribution is -2.18. The van der Waals surface area contributed by atoms with Gasteiger partial charge in [-0.15, -0.1) is 0 Å². The van der Waals surface area contributed by atoms with E-state index >= 15 is 0 Å². The first-order valence-corrected chi connectivity index (χ1v) is 7.26. The number of aryl methyl sites for hydroxylation is 1. The van der Waals surface area contributed by atoms with Gasteiger partial charge in [0.15, 0.2) is 0 Å². The maximum atomic E-state index is 13.1. The maximum absolute atomic E-state index is 13.1. The Labute approximate surface area is 129 Å². The maximum Gasteiger partial charge on any atom is 0.141 e. The molecule has 112 valence electrons. The molecule has 0 radical (unpaired) electrons. The molecule has 1 atom stereocenters. The lowest BCUT2D eigenvalue weighted by molar-refractivity contribution is 0.301. The second-order valence-corrected chi connectivity index (χ2v) is 5.68. The lowest BCUT2D eigenvalue weighted by atomic mass is 10.1. The Hall–Kier alpha value is -1.58. The minimum Gasteiger partial charge on any atom is -0.487 e. The van der Waals surface area contributed by atoms with Crippen molar-refractivity contribution >= 4 is 11.6 Å². The van der Waals surface area contributed by atoms with E-state index in [4.69, 9.17) is 22.1 Å². The number of hydrogen-bond donors (Lipinski definition) is 1. The predicted octanol–water partition coefficient (Wildman–Crippen LogP) is 4.26. The van der Waals surface area contributed by atoms with Crippen molar-refractivity contribution in [2.24, 2.45) is 5.73 Å². The Morgan fingerprint density at radius 3 is 2.67 bits per heavy atom. The van der Waals surface area contributed by atoms with Gasteiger partial charge in [-0.25, -0.2) is 4.39 Å². The molecule has 0 aliphatic rings. The van der Waals surface area contributed by atoms with Crippen molar-refractivity contribution in [3.63, 3.8) is 0 Å². The van der Waals surface area contributed by atoms with Crippen LogP contribution in [0.1, 0.15) is 23.6 Å². The van der Waals surface area contributed by atoms with Crippen molar-refractivity contribution in [3.05, 3.63) is 63.9 Å². The Balaban J connectivity index is 2.19. The van der Waals surface area contributed by atoms with Crippen LogP contribution >= 0.6 is 11.6 Å². The molecule has 2 aromatic carbocycles. The zero-order valence-corrected chi connectivity index (χ0v) is 13.0. The highest BCUT2D eigenvalue weighted by atomic mass is 35.5. The minimum atomic E-state index is -0.244. The monoisotopic (exact) mass is 307 g/mol. The minimum absolute atomic E-state index is 0.0263. The summed E-state index contributed by atoms with van der Waals surface area (Å²) in [5, 5.41) is 0.563. The molecule has 0 fully saturated rings. The molecule has 2 aromatic rings. The number of nitrogens with two attached hydrogens (primary N) is 1. The molecule has 2 nitrogen and oxygen atoms in total. The molecule has 4 heteroatoms. The van der Waals surface area contributed by atoms with Gasteiger partial charge >= 0.3 is 0 Å². The van der Waals surface area contributed by atoms with Crippen molar-refractivity contribution in [1.82, 2.24) is 0 Å². The molecule has 2 N–H and O–H groups in total. The molecule has 1 unspecified atom stereocenters. The summed E-state index contributed by atoms with van der Waals surface area (Å²) >= 11 is 6.22. The Kier molecular flexibility index (Phi) is 5.21. The van der Waals surface area contributed by atoms with Gasteiger partial charge in [-0.2, -0.15) is 0 Å². The summed E-state index contributed by atoms with van der Waals surface area (Å²) in [5.74, 6) is 0.409. The summed E-state index contributed by atoms with van der Waals surface area (Å²) in [6, 6.07) is 10.3. The van der Waals surface area contributed by atoms with E-state index in [1.165, 1.54) is 12.1 Å². The summed E-state index contributed by atoms with van der Waals surface area (Å²) in [7, 11) is 0. The van der Waals surface area contributed by atoms with Crippen LogP contribution in [0.25, 0.3) is 0 Å². The van der Waals surface area contributed by atoms with Gasteiger partial charge in [0.1, 0.15) is 18.2 Å². The van der Waals surface area contributed by atoms with Gasteiger partial charge in [0.2, 0.25) is 0 Å². The second kappa shape index (κ2) is 6.92. The van der Waals surface area contributed by atoms with Crippen LogP contribution in [0.5, 0.6) is 5.75 Å². The third kappa shape index (κ3) is 4.19. The molecule has 0 heterocycles. The van der Waals surface area contributed by atoms with Crippen LogP contribution < -0.4 is 10.5 Å². The molecule has 0 aliphatic carbocycles. The van der Waals surface area contributed by atoms with Crippen LogP contribution in [-0.2, 0) is 13.0 Å². The summed E-state index contributed by atoms with van der Waals surface area (Å²) in [6.07, 6.45) is 0.693. The van der Waals surface area contributed by atoms with E-state index in [0.717, 1.165) is 16.7 Å². The van der Waals surface area contributed by atoms with Crippen molar-refractivity contribution in [1.29, 1.82) is 0 Å². The van der Waals surface area contributed by atoms with Gasteiger partial charge in [0.05, 0.1) is 5.02 Å². The molecule has 0 saturated carbocycles. The van der Waals surface area contributed by atoms with E-state index in [1.54, 1.807) is 12.1 Å². The topological polar surface area (TPSA) is 35.2 Å². The van der Waals surface area contributed by atoms with Crippen molar-refractivity contribution < 1.29 is 9.13 Å². The first-order valence-electron chi connectivity index (χ1n) is 6.88. The molecular weight excluding hydrogens is 289 g/mol. The Bertz CT molecular complexity index is 628. The number of rotatable bonds is 5. The Morgan fingerprint density at radius 1 is 1.24 bits per heavy atom. The molecule has 21 heavy (non-hydrogen) atoms. The quantitative estimate of drug-likeness (QED) is 0.896. The summed E-state index contributed by atoms with van der Waals surface area (Å²) < 4.78 is 19.0. The van der Waals surface area contributed by atoms with Crippen LogP contribution in [0, 0.1) is 12.7 Å². The number of halogens is 2. The normalized spacial score (nSPS) is 12.2. The number of ether oxygens (including phenoxy) is 1. The smallest absolute Gasteiger partial charge is 0.141 e. The largest absolute Gasteiger partial charge is 0.487 e. The Morgan fingerprint density at radius 2 is 2.00 bits per heavy atom. The van der Waals surface area contributed by atoms with Gasteiger partial charge < -0.3 is 10.5 Å². The van der Waals surface area contributed by atoms with E-state index in [9.17, 15) is 4.39 Å². The fourth-order valence-electron chi connectivity index (χ4n) is 2.19. The van der Waals surface area contributed by atoms with Crippen LogP contribution in [-0.4, -0.2) is 6.04 Å². The summed E-state index contributed by atoms with van der Waals surface area (Å²) in [5.41, 5.74) is 8.63. The van der Waals surface area contributed by atoms with E-state index < -0.39 is 0 Å². The van der Waals surface area contributed by atoms with E-state index in [0.29, 0.717) is 23.8 Å². The predicted molar refractivity (Wildman–Crippen MR) is 84.3 cm³/mol. The SMILES string of the molecule is Cc1cc(F)ccc1COc1c(Cl)cccc1CC(C)N. The van der Waals surface area contributed by atoms with E-state index in [-0.39, 0.29) is 11.9 Å². The average Bonchev–Trinajstić information content (AvgIpc) is 2.39. The molecule has 0 amide bonds. The number of hydrogen-bond acceptors (Lipinski definition) is 2. The van der Waals surface area contributed by atoms with Crippen molar-refractivity contribution in [2.75, 3.05) is 0 Å². The summed E-state index contributed by atoms with van der Waals surface area (Å²) in [4.78, 5) is 0. The lowest BCUT2D eigenvalue weighted by Gasteiger charge is -2.15. The highest BCUT2D eigenvalue weighted by Crippen LogP contribution is 2.30. The number of benzene rings is 2. The zero-order chi connectivity index (χ0) is 15.4. The molecule has 2 rings (SSSR count). The molecule has 0 saturated heterocycles. The standard InChI is InChI=1S/C17H19ClFNO/c1-11-8-15(19)7-6-14(11)10-21-17-13(9-12(2)20)4-3-5-16(17)18/h3-8,12H,9-10,20H2,1-2H3. The van der Waals surface area contributed by atoms with Gasteiger partial charge in [0.25, 0.3) is 0 Å². The third-order valence-electron chi connectivity index (χ3n) is 3.27. The fraction of sp³-hybridized carbons (Fsp3) is 0.294. The van der Waals surface area contributed by atoms with Crippen LogP contribution in [0.4, 0.5) is 4.39 Å². The molecule has 0 aromatic heterocycles. The van der Waals surface area contributed by atoms with Gasteiger partial charge in [0, 0.05) is 6.04 Å². The van der Waals surface area contributed by atoms with Crippen molar-refractivity contribution in [2.45, 2.75) is 32.9 Å².